The minimum Gasteiger partial charge on any atom is -0.354 e. The molecule has 1 aliphatic rings. The summed E-state index contributed by atoms with van der Waals surface area (Å²) in [5.41, 5.74) is 0.538. The first-order valence-corrected chi connectivity index (χ1v) is 8.44. The maximum atomic E-state index is 10.9. The SMILES string of the molecule is Cc1nc(N2CCN(C(C)c3nccs3)CC2)ccc1[N+](=O)[O-]. The molecule has 2 aromatic heterocycles. The second-order valence-electron chi connectivity index (χ2n) is 5.60. The molecule has 0 aliphatic carbocycles. The van der Waals surface area contributed by atoms with E-state index in [9.17, 15) is 10.1 Å². The quantitative estimate of drug-likeness (QED) is 0.632. The van der Waals surface area contributed by atoms with Crippen molar-refractivity contribution in [3.8, 4) is 0 Å². The summed E-state index contributed by atoms with van der Waals surface area (Å²) < 4.78 is 0. The van der Waals surface area contributed by atoms with Crippen LogP contribution in [0.1, 0.15) is 23.7 Å². The van der Waals surface area contributed by atoms with Gasteiger partial charge in [-0.1, -0.05) is 0 Å². The predicted octanol–water partition coefficient (Wildman–Crippen LogP) is 2.64. The minimum absolute atomic E-state index is 0.0739. The Morgan fingerprint density at radius 1 is 1.30 bits per heavy atom. The van der Waals surface area contributed by atoms with Crippen LogP contribution < -0.4 is 4.90 Å². The molecule has 0 aromatic carbocycles. The van der Waals surface area contributed by atoms with E-state index in [2.05, 4.69) is 26.7 Å². The van der Waals surface area contributed by atoms with Crippen LogP contribution >= 0.6 is 11.3 Å². The topological polar surface area (TPSA) is 75.4 Å². The maximum absolute atomic E-state index is 10.9. The van der Waals surface area contributed by atoms with Gasteiger partial charge in [0.15, 0.2) is 0 Å². The summed E-state index contributed by atoms with van der Waals surface area (Å²) in [6, 6.07) is 3.61. The van der Waals surface area contributed by atoms with Crippen molar-refractivity contribution >= 4 is 22.8 Å². The lowest BCUT2D eigenvalue weighted by Crippen LogP contribution is -2.47. The molecule has 8 heteroatoms. The normalized spacial score (nSPS) is 17.2. The number of pyridine rings is 1. The van der Waals surface area contributed by atoms with E-state index in [0.29, 0.717) is 11.7 Å². The Bertz CT molecular complexity index is 683. The van der Waals surface area contributed by atoms with Gasteiger partial charge in [0.2, 0.25) is 0 Å². The Kier molecular flexibility index (Phi) is 4.53. The zero-order valence-electron chi connectivity index (χ0n) is 13.2. The van der Waals surface area contributed by atoms with Crippen LogP contribution in [0, 0.1) is 17.0 Å². The average Bonchev–Trinajstić information content (AvgIpc) is 3.08. The monoisotopic (exact) mass is 333 g/mol. The Labute approximate surface area is 138 Å². The Hall–Kier alpha value is -2.06. The first-order chi connectivity index (χ1) is 11.1. The Morgan fingerprint density at radius 3 is 2.61 bits per heavy atom. The number of piperazine rings is 1. The number of hydrogen-bond donors (Lipinski definition) is 0. The fourth-order valence-corrected chi connectivity index (χ4v) is 3.57. The molecule has 0 bridgehead atoms. The Balaban J connectivity index is 1.65. The molecule has 1 unspecified atom stereocenters. The fourth-order valence-electron chi connectivity index (χ4n) is 2.84. The van der Waals surface area contributed by atoms with Crippen LogP contribution in [0.25, 0.3) is 0 Å². The van der Waals surface area contributed by atoms with Gasteiger partial charge in [0.25, 0.3) is 5.69 Å². The zero-order valence-corrected chi connectivity index (χ0v) is 14.0. The van der Waals surface area contributed by atoms with Crippen LogP contribution in [0.15, 0.2) is 23.7 Å². The summed E-state index contributed by atoms with van der Waals surface area (Å²) in [4.78, 5) is 23.9. The van der Waals surface area contributed by atoms with Crippen molar-refractivity contribution in [3.63, 3.8) is 0 Å². The largest absolute Gasteiger partial charge is 0.354 e. The van der Waals surface area contributed by atoms with E-state index in [1.807, 2.05) is 11.6 Å². The third-order valence-electron chi connectivity index (χ3n) is 4.23. The van der Waals surface area contributed by atoms with Crippen molar-refractivity contribution < 1.29 is 4.92 Å². The van der Waals surface area contributed by atoms with Gasteiger partial charge in [0.1, 0.15) is 16.5 Å². The van der Waals surface area contributed by atoms with Gasteiger partial charge in [-0.05, 0) is 19.9 Å². The lowest BCUT2D eigenvalue weighted by atomic mass is 10.2. The predicted molar refractivity (Wildman–Crippen MR) is 89.9 cm³/mol. The highest BCUT2D eigenvalue weighted by molar-refractivity contribution is 7.09. The molecule has 23 heavy (non-hydrogen) atoms. The number of rotatable bonds is 4. The van der Waals surface area contributed by atoms with Crippen molar-refractivity contribution in [2.24, 2.45) is 0 Å². The number of nitrogens with zero attached hydrogens (tertiary/aromatic N) is 5. The van der Waals surface area contributed by atoms with Crippen LogP contribution in [-0.4, -0.2) is 46.0 Å². The minimum atomic E-state index is -0.389. The highest BCUT2D eigenvalue weighted by atomic mass is 32.1. The second kappa shape index (κ2) is 6.59. The summed E-state index contributed by atoms with van der Waals surface area (Å²) in [6.07, 6.45) is 1.84. The van der Waals surface area contributed by atoms with Crippen LogP contribution in [-0.2, 0) is 0 Å². The lowest BCUT2D eigenvalue weighted by molar-refractivity contribution is -0.385. The van der Waals surface area contributed by atoms with E-state index in [1.54, 1.807) is 30.4 Å². The Morgan fingerprint density at radius 2 is 2.04 bits per heavy atom. The molecule has 0 N–H and O–H groups in total. The van der Waals surface area contributed by atoms with Crippen molar-refractivity contribution in [3.05, 3.63) is 44.5 Å². The van der Waals surface area contributed by atoms with Crippen LogP contribution in [0.4, 0.5) is 11.5 Å². The summed E-state index contributed by atoms with van der Waals surface area (Å²) in [5, 5.41) is 14.0. The highest BCUT2D eigenvalue weighted by Crippen LogP contribution is 2.25. The molecule has 1 aliphatic heterocycles. The molecule has 0 amide bonds. The molecule has 7 nitrogen and oxygen atoms in total. The van der Waals surface area contributed by atoms with Crippen LogP contribution in [0.3, 0.4) is 0 Å². The van der Waals surface area contributed by atoms with E-state index in [-0.39, 0.29) is 10.6 Å². The molecule has 2 aromatic rings. The number of aryl methyl sites for hydroxylation is 1. The standard InChI is InChI=1S/C15H19N5O2S/c1-11-13(20(21)22)3-4-14(17-11)19-8-6-18(7-9-19)12(2)15-16-5-10-23-15/h3-5,10,12H,6-9H2,1-2H3. The number of hydrogen-bond acceptors (Lipinski definition) is 7. The first-order valence-electron chi connectivity index (χ1n) is 7.56. The number of anilines is 1. The van der Waals surface area contributed by atoms with Crippen molar-refractivity contribution in [2.75, 3.05) is 31.1 Å². The smallest absolute Gasteiger partial charge is 0.290 e. The van der Waals surface area contributed by atoms with Gasteiger partial charge in [0, 0.05) is 43.8 Å². The van der Waals surface area contributed by atoms with Gasteiger partial charge >= 0.3 is 0 Å². The summed E-state index contributed by atoms with van der Waals surface area (Å²) in [5.74, 6) is 0.814. The van der Waals surface area contributed by atoms with Gasteiger partial charge in [-0.15, -0.1) is 11.3 Å². The van der Waals surface area contributed by atoms with E-state index >= 15 is 0 Å². The van der Waals surface area contributed by atoms with Crippen molar-refractivity contribution in [2.45, 2.75) is 19.9 Å². The number of thiazole rings is 1. The molecular weight excluding hydrogens is 314 g/mol. The summed E-state index contributed by atoms with van der Waals surface area (Å²) in [6.45, 7) is 7.45. The molecule has 0 saturated carbocycles. The van der Waals surface area contributed by atoms with Gasteiger partial charge in [-0.2, -0.15) is 0 Å². The third-order valence-corrected chi connectivity index (χ3v) is 5.18. The molecule has 1 atom stereocenters. The molecule has 3 heterocycles. The molecular formula is C15H19N5O2S. The summed E-state index contributed by atoms with van der Waals surface area (Å²) in [7, 11) is 0. The molecule has 0 radical (unpaired) electrons. The van der Waals surface area contributed by atoms with Gasteiger partial charge in [0.05, 0.1) is 11.0 Å². The van der Waals surface area contributed by atoms with E-state index < -0.39 is 0 Å². The van der Waals surface area contributed by atoms with E-state index in [4.69, 9.17) is 0 Å². The van der Waals surface area contributed by atoms with E-state index in [1.165, 1.54) is 0 Å². The second-order valence-corrected chi connectivity index (χ2v) is 6.53. The first kappa shape index (κ1) is 15.8. The van der Waals surface area contributed by atoms with Gasteiger partial charge < -0.3 is 4.90 Å². The summed E-state index contributed by atoms with van der Waals surface area (Å²) >= 11 is 1.69. The maximum Gasteiger partial charge on any atom is 0.290 e. The number of aromatic nitrogens is 2. The number of nitro groups is 1. The fraction of sp³-hybridized carbons (Fsp3) is 0.467. The molecule has 122 valence electrons. The van der Waals surface area contributed by atoms with E-state index in [0.717, 1.165) is 37.0 Å². The molecule has 3 rings (SSSR count). The van der Waals surface area contributed by atoms with Gasteiger partial charge in [-0.3, -0.25) is 15.0 Å². The van der Waals surface area contributed by atoms with Crippen molar-refractivity contribution in [1.29, 1.82) is 0 Å². The molecule has 1 saturated heterocycles. The highest BCUT2D eigenvalue weighted by Gasteiger charge is 2.24. The van der Waals surface area contributed by atoms with Gasteiger partial charge in [-0.25, -0.2) is 9.97 Å². The van der Waals surface area contributed by atoms with Crippen molar-refractivity contribution in [1.82, 2.24) is 14.9 Å². The molecule has 1 fully saturated rings. The average molecular weight is 333 g/mol. The lowest BCUT2D eigenvalue weighted by Gasteiger charge is -2.38. The zero-order chi connectivity index (χ0) is 16.4. The van der Waals surface area contributed by atoms with Crippen LogP contribution in [0.2, 0.25) is 0 Å². The van der Waals surface area contributed by atoms with Crippen LogP contribution in [0.5, 0.6) is 0 Å². The molecule has 0 spiro atoms. The third kappa shape index (κ3) is 3.32.